The van der Waals surface area contributed by atoms with Crippen LogP contribution in [0.1, 0.15) is 34.7 Å². The first-order chi connectivity index (χ1) is 15.3. The molecule has 1 N–H and O–H groups in total. The van der Waals surface area contributed by atoms with E-state index in [0.29, 0.717) is 22.9 Å². The number of carbonyl (C=O) groups is 1. The second-order valence-electron chi connectivity index (χ2n) is 6.84. The van der Waals surface area contributed by atoms with Crippen molar-refractivity contribution >= 4 is 16.0 Å². The molecule has 0 saturated carbocycles. The van der Waals surface area contributed by atoms with Crippen molar-refractivity contribution in [2.24, 2.45) is 7.05 Å². The minimum Gasteiger partial charge on any atom is -0.497 e. The maximum atomic E-state index is 13.2. The molecule has 0 radical (unpaired) electrons. The maximum absolute atomic E-state index is 13.2. The summed E-state index contributed by atoms with van der Waals surface area (Å²) in [5, 5.41) is 0. The van der Waals surface area contributed by atoms with Gasteiger partial charge in [-0.1, -0.05) is 0 Å². The van der Waals surface area contributed by atoms with Gasteiger partial charge < -0.3 is 18.8 Å². The summed E-state index contributed by atoms with van der Waals surface area (Å²) in [7, 11) is 0.826. The Bertz CT molecular complexity index is 1170. The Labute approximate surface area is 187 Å². The van der Waals surface area contributed by atoms with Crippen molar-refractivity contribution in [2.45, 2.75) is 17.9 Å². The molecule has 170 valence electrons. The van der Waals surface area contributed by atoms with Gasteiger partial charge in [-0.15, -0.1) is 0 Å². The summed E-state index contributed by atoms with van der Waals surface area (Å²) in [6.07, 6.45) is 3.31. The fourth-order valence-corrected chi connectivity index (χ4v) is 4.31. The highest BCUT2D eigenvalue weighted by Gasteiger charge is 2.27. The topological polar surface area (TPSA) is 109 Å². The molecular weight excluding hydrogens is 434 g/mol. The van der Waals surface area contributed by atoms with Crippen molar-refractivity contribution < 1.29 is 27.4 Å². The molecule has 0 aliphatic carbocycles. The number of aryl methyl sites for hydroxylation is 1. The number of nitrogens with one attached hydrogen (secondary N) is 1. The monoisotopic (exact) mass is 459 g/mol. The second kappa shape index (κ2) is 9.84. The van der Waals surface area contributed by atoms with Gasteiger partial charge in [0.2, 0.25) is 10.0 Å². The van der Waals surface area contributed by atoms with Crippen molar-refractivity contribution in [3.8, 4) is 11.5 Å². The summed E-state index contributed by atoms with van der Waals surface area (Å²) >= 11 is 0. The van der Waals surface area contributed by atoms with E-state index < -0.39 is 22.0 Å². The molecule has 0 unspecified atom stereocenters. The fourth-order valence-electron chi connectivity index (χ4n) is 3.13. The van der Waals surface area contributed by atoms with Crippen LogP contribution in [0.3, 0.4) is 0 Å². The number of benzene rings is 2. The number of ether oxygens (including phenoxy) is 3. The summed E-state index contributed by atoms with van der Waals surface area (Å²) in [4.78, 5) is 16.2. The summed E-state index contributed by atoms with van der Waals surface area (Å²) in [5.74, 6) is 0.985. The molecule has 0 saturated heterocycles. The first kappa shape index (κ1) is 23.3. The SMILES string of the molecule is CCOC(=O)c1ccc(S(=O)(=O)N[C@H](c2cc(OC)cc(OC)c2)c2nccn2C)cc1. The molecular formula is C22H25N3O6S. The van der Waals surface area contributed by atoms with Gasteiger partial charge in [-0.05, 0) is 48.9 Å². The minimum atomic E-state index is -3.98. The van der Waals surface area contributed by atoms with Gasteiger partial charge in [-0.25, -0.2) is 18.2 Å². The summed E-state index contributed by atoms with van der Waals surface area (Å²) in [5.41, 5.74) is 0.853. The largest absolute Gasteiger partial charge is 0.497 e. The first-order valence-corrected chi connectivity index (χ1v) is 11.3. The van der Waals surface area contributed by atoms with Crippen LogP contribution in [0.2, 0.25) is 0 Å². The third kappa shape index (κ3) is 5.09. The van der Waals surface area contributed by atoms with E-state index in [2.05, 4.69) is 9.71 Å². The average molecular weight is 460 g/mol. The number of hydrogen-bond acceptors (Lipinski definition) is 7. The Kier molecular flexibility index (Phi) is 7.16. The van der Waals surface area contributed by atoms with Crippen LogP contribution in [0.4, 0.5) is 0 Å². The lowest BCUT2D eigenvalue weighted by Crippen LogP contribution is -2.31. The molecule has 1 heterocycles. The molecule has 0 bridgehead atoms. The Balaban J connectivity index is 2.00. The lowest BCUT2D eigenvalue weighted by molar-refractivity contribution is 0.0526. The average Bonchev–Trinajstić information content (AvgIpc) is 3.22. The highest BCUT2D eigenvalue weighted by atomic mass is 32.2. The van der Waals surface area contributed by atoms with Gasteiger partial charge in [0.25, 0.3) is 0 Å². The molecule has 0 aliphatic heterocycles. The third-order valence-corrected chi connectivity index (χ3v) is 6.21. The molecule has 0 amide bonds. The van der Waals surface area contributed by atoms with Crippen molar-refractivity contribution in [1.29, 1.82) is 0 Å². The highest BCUT2D eigenvalue weighted by molar-refractivity contribution is 7.89. The molecule has 0 fully saturated rings. The number of hydrogen-bond donors (Lipinski definition) is 1. The van der Waals surface area contributed by atoms with Crippen LogP contribution in [-0.4, -0.2) is 44.8 Å². The normalized spacial score (nSPS) is 12.2. The smallest absolute Gasteiger partial charge is 0.338 e. The third-order valence-electron chi connectivity index (χ3n) is 4.77. The second-order valence-corrected chi connectivity index (χ2v) is 8.56. The summed E-state index contributed by atoms with van der Waals surface area (Å²) in [6.45, 7) is 1.93. The number of sulfonamides is 1. The van der Waals surface area contributed by atoms with Crippen LogP contribution in [0, 0.1) is 0 Å². The van der Waals surface area contributed by atoms with Gasteiger partial charge in [-0.2, -0.15) is 4.72 Å². The van der Waals surface area contributed by atoms with Crippen LogP contribution in [0.15, 0.2) is 59.8 Å². The van der Waals surface area contributed by atoms with Gasteiger partial charge in [0.1, 0.15) is 23.4 Å². The van der Waals surface area contributed by atoms with Crippen LogP contribution in [0.25, 0.3) is 0 Å². The van der Waals surface area contributed by atoms with Gasteiger partial charge >= 0.3 is 5.97 Å². The number of nitrogens with zero attached hydrogens (tertiary/aromatic N) is 2. The minimum absolute atomic E-state index is 0.000353. The Morgan fingerprint density at radius 1 is 1.09 bits per heavy atom. The summed E-state index contributed by atoms with van der Waals surface area (Å²) in [6, 6.07) is 9.85. The van der Waals surface area contributed by atoms with Crippen LogP contribution in [-0.2, 0) is 21.8 Å². The van der Waals surface area contributed by atoms with Crippen molar-refractivity contribution in [1.82, 2.24) is 14.3 Å². The van der Waals surface area contributed by atoms with E-state index in [4.69, 9.17) is 14.2 Å². The predicted octanol–water partition coefficient (Wildman–Crippen LogP) is 2.68. The van der Waals surface area contributed by atoms with Crippen LogP contribution >= 0.6 is 0 Å². The number of methoxy groups -OCH3 is 2. The lowest BCUT2D eigenvalue weighted by atomic mass is 10.1. The Morgan fingerprint density at radius 3 is 2.22 bits per heavy atom. The van der Waals surface area contributed by atoms with Gasteiger partial charge in [0, 0.05) is 25.5 Å². The number of aromatic nitrogens is 2. The lowest BCUT2D eigenvalue weighted by Gasteiger charge is -2.20. The Morgan fingerprint density at radius 2 is 1.72 bits per heavy atom. The van der Waals surface area contributed by atoms with Crippen LogP contribution in [0.5, 0.6) is 11.5 Å². The summed E-state index contributed by atoms with van der Waals surface area (Å²) < 4.78 is 46.5. The molecule has 2 aromatic carbocycles. The van der Waals surface area contributed by atoms with E-state index in [-0.39, 0.29) is 17.1 Å². The molecule has 1 aromatic heterocycles. The number of esters is 1. The van der Waals surface area contributed by atoms with Crippen LogP contribution < -0.4 is 14.2 Å². The number of carbonyl (C=O) groups excluding carboxylic acids is 1. The van der Waals surface area contributed by atoms with E-state index in [9.17, 15) is 13.2 Å². The Hall–Kier alpha value is -3.37. The maximum Gasteiger partial charge on any atom is 0.338 e. The molecule has 9 nitrogen and oxygen atoms in total. The quantitative estimate of drug-likeness (QED) is 0.490. The first-order valence-electron chi connectivity index (χ1n) is 9.78. The molecule has 3 rings (SSSR count). The molecule has 0 aliphatic rings. The zero-order valence-corrected chi connectivity index (χ0v) is 19.0. The standard InChI is InChI=1S/C22H25N3O6S/c1-5-31-22(26)15-6-8-19(9-7-15)32(27,28)24-20(21-23-10-11-25(21)2)16-12-17(29-3)14-18(13-16)30-4/h6-14,20,24H,5H2,1-4H3/t20-/m1/s1. The molecule has 0 spiro atoms. The van der Waals surface area contributed by atoms with Gasteiger partial charge in [0.15, 0.2) is 0 Å². The molecule has 32 heavy (non-hydrogen) atoms. The fraction of sp³-hybridized carbons (Fsp3) is 0.273. The zero-order chi connectivity index (χ0) is 23.3. The molecule has 10 heteroatoms. The van der Waals surface area contributed by atoms with E-state index in [1.807, 2.05) is 0 Å². The van der Waals surface area contributed by atoms with E-state index in [0.717, 1.165) is 0 Å². The van der Waals surface area contributed by atoms with E-state index >= 15 is 0 Å². The number of rotatable bonds is 9. The van der Waals surface area contributed by atoms with E-state index in [1.165, 1.54) is 38.5 Å². The molecule has 3 aromatic rings. The van der Waals surface area contributed by atoms with Crippen molar-refractivity contribution in [2.75, 3.05) is 20.8 Å². The van der Waals surface area contributed by atoms with Gasteiger partial charge in [0.05, 0.1) is 31.3 Å². The van der Waals surface area contributed by atoms with E-state index in [1.54, 1.807) is 49.1 Å². The highest BCUT2D eigenvalue weighted by Crippen LogP contribution is 2.30. The predicted molar refractivity (Wildman–Crippen MR) is 117 cm³/mol. The van der Waals surface area contributed by atoms with Crippen molar-refractivity contribution in [3.63, 3.8) is 0 Å². The number of imidazole rings is 1. The van der Waals surface area contributed by atoms with Crippen molar-refractivity contribution in [3.05, 3.63) is 71.8 Å². The zero-order valence-electron chi connectivity index (χ0n) is 18.2. The van der Waals surface area contributed by atoms with Gasteiger partial charge in [-0.3, -0.25) is 0 Å². The molecule has 1 atom stereocenters.